The Kier molecular flexibility index (Phi) is 4.30. The van der Waals surface area contributed by atoms with Crippen LogP contribution in [0.1, 0.15) is 17.3 Å². The van der Waals surface area contributed by atoms with Gasteiger partial charge in [0.25, 0.3) is 0 Å². The highest BCUT2D eigenvalue weighted by Gasteiger charge is 2.05. The van der Waals surface area contributed by atoms with E-state index in [2.05, 4.69) is 25.8 Å². The topological polar surface area (TPSA) is 85.1 Å². The average Bonchev–Trinajstić information content (AvgIpc) is 2.82. The summed E-state index contributed by atoms with van der Waals surface area (Å²) >= 11 is 0. The number of hydrogen-bond donors (Lipinski definition) is 2. The molecule has 0 spiro atoms. The Morgan fingerprint density at radius 3 is 2.68 bits per heavy atom. The third-order valence-electron chi connectivity index (χ3n) is 2.42. The first-order valence-electron chi connectivity index (χ1n) is 5.92. The third kappa shape index (κ3) is 3.65. The molecule has 0 aliphatic rings. The fraction of sp³-hybridized carbons (Fsp3) is 0.417. The van der Waals surface area contributed by atoms with Crippen LogP contribution >= 0.6 is 0 Å². The van der Waals surface area contributed by atoms with Gasteiger partial charge >= 0.3 is 0 Å². The van der Waals surface area contributed by atoms with E-state index in [1.165, 1.54) is 0 Å². The average molecular weight is 263 g/mol. The van der Waals surface area contributed by atoms with E-state index in [4.69, 9.17) is 9.26 Å². The number of methoxy groups -OCH3 is 1. The number of anilines is 2. The number of aryl methyl sites for hydroxylation is 1. The van der Waals surface area contributed by atoms with Crippen LogP contribution in [0.2, 0.25) is 0 Å². The highest BCUT2D eigenvalue weighted by Crippen LogP contribution is 2.13. The first-order chi connectivity index (χ1) is 9.21. The molecule has 2 N–H and O–H groups in total. The maximum atomic E-state index is 5.12. The third-order valence-corrected chi connectivity index (χ3v) is 2.42. The molecule has 7 heteroatoms. The molecule has 0 saturated carbocycles. The van der Waals surface area contributed by atoms with Gasteiger partial charge in [-0.05, 0) is 6.92 Å². The summed E-state index contributed by atoms with van der Waals surface area (Å²) < 4.78 is 10.2. The molecular weight excluding hydrogens is 246 g/mol. The molecule has 0 fully saturated rings. The number of aromatic nitrogens is 3. The van der Waals surface area contributed by atoms with E-state index in [0.717, 1.165) is 17.3 Å². The van der Waals surface area contributed by atoms with Crippen LogP contribution in [-0.2, 0) is 17.9 Å². The zero-order valence-corrected chi connectivity index (χ0v) is 11.2. The normalized spacial score (nSPS) is 10.5. The second-order valence-corrected chi connectivity index (χ2v) is 4.03. The summed E-state index contributed by atoms with van der Waals surface area (Å²) in [6.45, 7) is 2.77. The molecular formula is C12H17N5O2. The predicted octanol–water partition coefficient (Wildman–Crippen LogP) is 1.57. The Hall–Kier alpha value is -2.15. The lowest BCUT2D eigenvalue weighted by atomic mass is 10.4. The van der Waals surface area contributed by atoms with Gasteiger partial charge in [0.2, 0.25) is 0 Å². The number of nitrogens with one attached hydrogen (secondary N) is 2. The van der Waals surface area contributed by atoms with Crippen molar-refractivity contribution in [1.29, 1.82) is 0 Å². The Bertz CT molecular complexity index is 541. The van der Waals surface area contributed by atoms with Gasteiger partial charge in [-0.1, -0.05) is 5.16 Å². The summed E-state index contributed by atoms with van der Waals surface area (Å²) in [7, 11) is 3.42. The van der Waals surface area contributed by atoms with Crippen molar-refractivity contribution in [2.24, 2.45) is 0 Å². The van der Waals surface area contributed by atoms with Crippen LogP contribution in [-0.4, -0.2) is 29.3 Å². The van der Waals surface area contributed by atoms with Gasteiger partial charge in [-0.25, -0.2) is 9.97 Å². The zero-order chi connectivity index (χ0) is 13.7. The van der Waals surface area contributed by atoms with Crippen molar-refractivity contribution in [2.75, 3.05) is 24.8 Å². The fourth-order valence-corrected chi connectivity index (χ4v) is 1.59. The highest BCUT2D eigenvalue weighted by atomic mass is 16.5. The molecule has 2 heterocycles. The van der Waals surface area contributed by atoms with Crippen molar-refractivity contribution in [1.82, 2.24) is 15.1 Å². The van der Waals surface area contributed by atoms with Crippen LogP contribution in [0.25, 0.3) is 0 Å². The molecule has 0 radical (unpaired) electrons. The lowest BCUT2D eigenvalue weighted by molar-refractivity contribution is 0.178. The minimum Gasteiger partial charge on any atom is -0.377 e. The minimum absolute atomic E-state index is 0.367. The van der Waals surface area contributed by atoms with Gasteiger partial charge in [0, 0.05) is 26.3 Å². The van der Waals surface area contributed by atoms with Gasteiger partial charge < -0.3 is 19.9 Å². The highest BCUT2D eigenvalue weighted by molar-refractivity contribution is 5.47. The van der Waals surface area contributed by atoms with E-state index in [1.54, 1.807) is 7.11 Å². The maximum Gasteiger partial charge on any atom is 0.158 e. The number of rotatable bonds is 6. The van der Waals surface area contributed by atoms with Gasteiger partial charge in [-0.3, -0.25) is 0 Å². The van der Waals surface area contributed by atoms with Crippen LogP contribution in [0.3, 0.4) is 0 Å². The lowest BCUT2D eigenvalue weighted by Gasteiger charge is -2.08. The molecule has 2 rings (SSSR count). The second kappa shape index (κ2) is 6.14. The van der Waals surface area contributed by atoms with E-state index < -0.39 is 0 Å². The SMILES string of the molecule is CNc1cc(NCc2cc(C)no2)nc(COC)n1. The Balaban J connectivity index is 2.08. The van der Waals surface area contributed by atoms with Crippen LogP contribution < -0.4 is 10.6 Å². The van der Waals surface area contributed by atoms with Crippen molar-refractivity contribution in [3.8, 4) is 0 Å². The molecule has 102 valence electrons. The van der Waals surface area contributed by atoms with E-state index in [-0.39, 0.29) is 0 Å². The quantitative estimate of drug-likeness (QED) is 0.818. The van der Waals surface area contributed by atoms with Crippen LogP contribution in [0.5, 0.6) is 0 Å². The van der Waals surface area contributed by atoms with Crippen LogP contribution in [0, 0.1) is 6.92 Å². The molecule has 0 aliphatic carbocycles. The molecule has 0 aromatic carbocycles. The number of ether oxygens (including phenoxy) is 1. The van der Waals surface area contributed by atoms with Gasteiger partial charge in [0.15, 0.2) is 11.6 Å². The molecule has 2 aromatic heterocycles. The summed E-state index contributed by atoms with van der Waals surface area (Å²) in [6.07, 6.45) is 0. The van der Waals surface area contributed by atoms with Crippen molar-refractivity contribution >= 4 is 11.6 Å². The predicted molar refractivity (Wildman–Crippen MR) is 70.9 cm³/mol. The fourth-order valence-electron chi connectivity index (χ4n) is 1.59. The monoisotopic (exact) mass is 263 g/mol. The van der Waals surface area contributed by atoms with E-state index in [1.807, 2.05) is 26.1 Å². The van der Waals surface area contributed by atoms with Crippen molar-refractivity contribution in [3.05, 3.63) is 29.4 Å². The largest absolute Gasteiger partial charge is 0.377 e. The number of hydrogen-bond acceptors (Lipinski definition) is 7. The summed E-state index contributed by atoms with van der Waals surface area (Å²) in [6, 6.07) is 3.70. The Labute approximate surface area is 111 Å². The molecule has 0 saturated heterocycles. The number of nitrogens with zero attached hydrogens (tertiary/aromatic N) is 3. The van der Waals surface area contributed by atoms with E-state index in [9.17, 15) is 0 Å². The van der Waals surface area contributed by atoms with Gasteiger partial charge in [0.05, 0.1) is 12.2 Å². The van der Waals surface area contributed by atoms with E-state index in [0.29, 0.717) is 24.8 Å². The van der Waals surface area contributed by atoms with E-state index >= 15 is 0 Å². The summed E-state index contributed by atoms with van der Waals surface area (Å²) in [5, 5.41) is 9.98. The standard InChI is InChI=1S/C12H17N5O2/c1-8-4-9(19-17-8)6-14-11-5-10(13-2)15-12(16-11)7-18-3/h4-5H,6-7H2,1-3H3,(H2,13,14,15,16). The summed E-state index contributed by atoms with van der Waals surface area (Å²) in [4.78, 5) is 8.62. The first kappa shape index (κ1) is 13.3. The first-order valence-corrected chi connectivity index (χ1v) is 5.92. The Morgan fingerprint density at radius 1 is 1.26 bits per heavy atom. The second-order valence-electron chi connectivity index (χ2n) is 4.03. The zero-order valence-electron chi connectivity index (χ0n) is 11.2. The molecule has 2 aromatic rings. The molecule has 0 amide bonds. The van der Waals surface area contributed by atoms with Gasteiger partial charge in [-0.15, -0.1) is 0 Å². The van der Waals surface area contributed by atoms with Crippen LogP contribution in [0.4, 0.5) is 11.6 Å². The summed E-state index contributed by atoms with van der Waals surface area (Å²) in [5.74, 6) is 2.82. The van der Waals surface area contributed by atoms with Crippen molar-refractivity contribution in [2.45, 2.75) is 20.1 Å². The van der Waals surface area contributed by atoms with Crippen LogP contribution in [0.15, 0.2) is 16.7 Å². The molecule has 7 nitrogen and oxygen atoms in total. The molecule has 0 aliphatic heterocycles. The van der Waals surface area contributed by atoms with Crippen molar-refractivity contribution < 1.29 is 9.26 Å². The van der Waals surface area contributed by atoms with Gasteiger partial charge in [-0.2, -0.15) is 0 Å². The molecule has 19 heavy (non-hydrogen) atoms. The van der Waals surface area contributed by atoms with Gasteiger partial charge in [0.1, 0.15) is 18.2 Å². The minimum atomic E-state index is 0.367. The lowest BCUT2D eigenvalue weighted by Crippen LogP contribution is -2.07. The maximum absolute atomic E-state index is 5.12. The molecule has 0 unspecified atom stereocenters. The Morgan fingerprint density at radius 2 is 2.05 bits per heavy atom. The van der Waals surface area contributed by atoms with Crippen molar-refractivity contribution in [3.63, 3.8) is 0 Å². The summed E-state index contributed by atoms with van der Waals surface area (Å²) in [5.41, 5.74) is 0.857. The molecule has 0 bridgehead atoms. The molecule has 0 atom stereocenters. The smallest absolute Gasteiger partial charge is 0.158 e.